The first-order valence-corrected chi connectivity index (χ1v) is 6.07. The maximum absolute atomic E-state index is 11.9. The molecule has 0 saturated carbocycles. The number of hydrogen-bond acceptors (Lipinski definition) is 4. The number of aromatic nitrogens is 1. The fourth-order valence-electron chi connectivity index (χ4n) is 1.41. The zero-order valence-electron chi connectivity index (χ0n) is 9.47. The number of benzene rings is 1. The summed E-state index contributed by atoms with van der Waals surface area (Å²) in [4.78, 5) is 15.8. The van der Waals surface area contributed by atoms with E-state index in [0.717, 1.165) is 5.56 Å². The minimum atomic E-state index is -0.418. The number of pyridine rings is 1. The summed E-state index contributed by atoms with van der Waals surface area (Å²) in [6.45, 7) is 0.188. The van der Waals surface area contributed by atoms with Gasteiger partial charge in [0.15, 0.2) is 0 Å². The van der Waals surface area contributed by atoms with Crippen LogP contribution in [-0.4, -0.2) is 11.0 Å². The van der Waals surface area contributed by atoms with E-state index in [1.165, 1.54) is 0 Å². The molecule has 0 atom stereocenters. The van der Waals surface area contributed by atoms with Gasteiger partial charge in [0, 0.05) is 28.1 Å². The van der Waals surface area contributed by atoms with Gasteiger partial charge in [0.1, 0.15) is 6.61 Å². The summed E-state index contributed by atoms with van der Waals surface area (Å²) in [5.41, 5.74) is 7.41. The lowest BCUT2D eigenvalue weighted by molar-refractivity contribution is 0.0471. The van der Waals surface area contributed by atoms with Crippen LogP contribution in [0.2, 0.25) is 0 Å². The molecule has 2 aromatic rings. The van der Waals surface area contributed by atoms with Crippen LogP contribution in [0.25, 0.3) is 0 Å². The lowest BCUT2D eigenvalue weighted by atomic mass is 10.2. The summed E-state index contributed by atoms with van der Waals surface area (Å²) >= 11 is 3.29. The van der Waals surface area contributed by atoms with Crippen LogP contribution in [-0.2, 0) is 11.3 Å². The Morgan fingerprint density at radius 2 is 2.22 bits per heavy atom. The van der Waals surface area contributed by atoms with E-state index in [-0.39, 0.29) is 6.61 Å². The quantitative estimate of drug-likeness (QED) is 0.699. The number of esters is 1. The van der Waals surface area contributed by atoms with E-state index in [0.29, 0.717) is 15.7 Å². The third-order valence-electron chi connectivity index (χ3n) is 2.30. The van der Waals surface area contributed by atoms with Gasteiger partial charge in [-0.25, -0.2) is 4.79 Å². The summed E-state index contributed by atoms with van der Waals surface area (Å²) in [7, 11) is 0. The molecule has 0 aliphatic carbocycles. The molecule has 0 amide bonds. The first-order chi connectivity index (χ1) is 8.66. The average molecular weight is 307 g/mol. The largest absolute Gasteiger partial charge is 0.457 e. The van der Waals surface area contributed by atoms with Gasteiger partial charge >= 0.3 is 5.97 Å². The van der Waals surface area contributed by atoms with Gasteiger partial charge in [-0.3, -0.25) is 4.98 Å². The summed E-state index contributed by atoms with van der Waals surface area (Å²) in [5.74, 6) is -0.418. The van der Waals surface area contributed by atoms with Gasteiger partial charge in [-0.2, -0.15) is 0 Å². The van der Waals surface area contributed by atoms with Crippen LogP contribution in [0.4, 0.5) is 5.69 Å². The Labute approximate surface area is 113 Å². The van der Waals surface area contributed by atoms with Crippen molar-refractivity contribution >= 4 is 27.6 Å². The predicted molar refractivity (Wildman–Crippen MR) is 71.9 cm³/mol. The van der Waals surface area contributed by atoms with Crippen LogP contribution in [0.15, 0.2) is 47.2 Å². The fraction of sp³-hybridized carbons (Fsp3) is 0.0769. The van der Waals surface area contributed by atoms with Gasteiger partial charge in [-0.1, -0.05) is 6.07 Å². The molecule has 0 radical (unpaired) electrons. The van der Waals surface area contributed by atoms with Crippen molar-refractivity contribution in [1.29, 1.82) is 0 Å². The number of nitrogens with two attached hydrogens (primary N) is 1. The van der Waals surface area contributed by atoms with E-state index in [1.807, 2.05) is 6.07 Å². The van der Waals surface area contributed by atoms with Crippen LogP contribution in [0.5, 0.6) is 0 Å². The van der Waals surface area contributed by atoms with Crippen molar-refractivity contribution in [3.8, 4) is 0 Å². The van der Waals surface area contributed by atoms with Gasteiger partial charge in [0.2, 0.25) is 0 Å². The smallest absolute Gasteiger partial charge is 0.339 e. The second kappa shape index (κ2) is 5.64. The molecule has 0 spiro atoms. The molecule has 0 bridgehead atoms. The Morgan fingerprint density at radius 1 is 1.39 bits per heavy atom. The number of rotatable bonds is 3. The second-order valence-electron chi connectivity index (χ2n) is 3.68. The molecule has 18 heavy (non-hydrogen) atoms. The molecule has 4 nitrogen and oxygen atoms in total. The number of nitrogen functional groups attached to an aromatic ring is 1. The van der Waals surface area contributed by atoms with E-state index >= 15 is 0 Å². The maximum atomic E-state index is 11.9. The Morgan fingerprint density at radius 3 is 2.94 bits per heavy atom. The number of halogens is 1. The molecule has 0 fully saturated rings. The maximum Gasteiger partial charge on any atom is 0.339 e. The SMILES string of the molecule is Nc1ccc(Br)c(C(=O)OCc2cccnc2)c1. The normalized spacial score (nSPS) is 10.1. The van der Waals surface area contributed by atoms with Crippen molar-refractivity contribution in [2.45, 2.75) is 6.61 Å². The standard InChI is InChI=1S/C13H11BrN2O2/c14-12-4-3-10(15)6-11(12)13(17)18-8-9-2-1-5-16-7-9/h1-7H,8,15H2. The molecule has 2 N–H and O–H groups in total. The zero-order valence-corrected chi connectivity index (χ0v) is 11.1. The van der Waals surface area contributed by atoms with Gasteiger partial charge in [0.25, 0.3) is 0 Å². The highest BCUT2D eigenvalue weighted by Crippen LogP contribution is 2.20. The summed E-state index contributed by atoms with van der Waals surface area (Å²) in [5, 5.41) is 0. The molecular formula is C13H11BrN2O2. The van der Waals surface area contributed by atoms with E-state index < -0.39 is 5.97 Å². The Balaban J connectivity index is 2.06. The lowest BCUT2D eigenvalue weighted by Crippen LogP contribution is -2.07. The summed E-state index contributed by atoms with van der Waals surface area (Å²) < 4.78 is 5.85. The minimum absolute atomic E-state index is 0.188. The first kappa shape index (κ1) is 12.6. The van der Waals surface area contributed by atoms with Crippen LogP contribution in [0.3, 0.4) is 0 Å². The molecule has 92 valence electrons. The van der Waals surface area contributed by atoms with Crippen LogP contribution in [0.1, 0.15) is 15.9 Å². The second-order valence-corrected chi connectivity index (χ2v) is 4.53. The molecule has 1 heterocycles. The van der Waals surface area contributed by atoms with Crippen LogP contribution >= 0.6 is 15.9 Å². The molecule has 0 saturated heterocycles. The molecule has 0 unspecified atom stereocenters. The van der Waals surface area contributed by atoms with Gasteiger partial charge in [-0.05, 0) is 40.2 Å². The summed E-state index contributed by atoms with van der Waals surface area (Å²) in [6.07, 6.45) is 3.32. The van der Waals surface area contributed by atoms with Crippen molar-refractivity contribution in [1.82, 2.24) is 4.98 Å². The Kier molecular flexibility index (Phi) is 3.94. The molecular weight excluding hydrogens is 296 g/mol. The van der Waals surface area contributed by atoms with E-state index in [4.69, 9.17) is 10.5 Å². The number of carbonyl (C=O) groups is 1. The Bertz CT molecular complexity index is 558. The molecule has 0 aliphatic rings. The highest BCUT2D eigenvalue weighted by Gasteiger charge is 2.12. The molecule has 0 aliphatic heterocycles. The Hall–Kier alpha value is -1.88. The summed E-state index contributed by atoms with van der Waals surface area (Å²) in [6, 6.07) is 8.64. The molecule has 1 aromatic carbocycles. The highest BCUT2D eigenvalue weighted by atomic mass is 79.9. The third-order valence-corrected chi connectivity index (χ3v) is 2.99. The first-order valence-electron chi connectivity index (χ1n) is 5.28. The van der Waals surface area contributed by atoms with Gasteiger partial charge < -0.3 is 10.5 Å². The van der Waals surface area contributed by atoms with Gasteiger partial charge in [0.05, 0.1) is 5.56 Å². The van der Waals surface area contributed by atoms with Crippen molar-refractivity contribution in [2.24, 2.45) is 0 Å². The predicted octanol–water partition coefficient (Wildman–Crippen LogP) is 2.78. The van der Waals surface area contributed by atoms with E-state index in [9.17, 15) is 4.79 Å². The van der Waals surface area contributed by atoms with Crippen LogP contribution < -0.4 is 5.73 Å². The number of anilines is 1. The van der Waals surface area contributed by atoms with Crippen molar-refractivity contribution < 1.29 is 9.53 Å². The lowest BCUT2D eigenvalue weighted by Gasteiger charge is -2.07. The number of carbonyl (C=O) groups excluding carboxylic acids is 1. The third kappa shape index (κ3) is 3.07. The van der Waals surface area contributed by atoms with Crippen molar-refractivity contribution in [3.05, 3.63) is 58.3 Å². The zero-order chi connectivity index (χ0) is 13.0. The van der Waals surface area contributed by atoms with E-state index in [2.05, 4.69) is 20.9 Å². The highest BCUT2D eigenvalue weighted by molar-refractivity contribution is 9.10. The van der Waals surface area contributed by atoms with Crippen molar-refractivity contribution in [2.75, 3.05) is 5.73 Å². The fourth-order valence-corrected chi connectivity index (χ4v) is 1.82. The minimum Gasteiger partial charge on any atom is -0.457 e. The van der Waals surface area contributed by atoms with Crippen molar-refractivity contribution in [3.63, 3.8) is 0 Å². The average Bonchev–Trinajstić information content (AvgIpc) is 2.40. The number of hydrogen-bond donors (Lipinski definition) is 1. The topological polar surface area (TPSA) is 65.2 Å². The molecule has 1 aromatic heterocycles. The molecule has 5 heteroatoms. The number of nitrogens with zero attached hydrogens (tertiary/aromatic N) is 1. The monoisotopic (exact) mass is 306 g/mol. The number of ether oxygens (including phenoxy) is 1. The van der Waals surface area contributed by atoms with E-state index in [1.54, 1.807) is 36.7 Å². The van der Waals surface area contributed by atoms with Gasteiger partial charge in [-0.15, -0.1) is 0 Å². The molecule has 2 rings (SSSR count). The van der Waals surface area contributed by atoms with Crippen LogP contribution in [0, 0.1) is 0 Å².